The maximum Gasteiger partial charge on any atom is 0.227 e. The van der Waals surface area contributed by atoms with Crippen molar-refractivity contribution in [1.29, 1.82) is 0 Å². The molecule has 1 amide bonds. The van der Waals surface area contributed by atoms with E-state index in [0.29, 0.717) is 29.6 Å². The summed E-state index contributed by atoms with van der Waals surface area (Å²) < 4.78 is 1.96. The number of piperazine rings is 1. The number of halogens is 3. The third-order valence-electron chi connectivity index (χ3n) is 4.06. The molecule has 0 spiro atoms. The quantitative estimate of drug-likeness (QED) is 0.878. The van der Waals surface area contributed by atoms with Crippen LogP contribution in [0.3, 0.4) is 0 Å². The maximum atomic E-state index is 12.8. The van der Waals surface area contributed by atoms with E-state index in [4.69, 9.17) is 23.2 Å². The van der Waals surface area contributed by atoms with E-state index in [9.17, 15) is 4.79 Å². The zero-order chi connectivity index (χ0) is 16.4. The third-order valence-corrected chi connectivity index (χ3v) is 4.80. The van der Waals surface area contributed by atoms with Gasteiger partial charge < -0.3 is 14.8 Å². The first-order valence-corrected chi connectivity index (χ1v) is 8.23. The van der Waals surface area contributed by atoms with Crippen LogP contribution in [0.2, 0.25) is 10.0 Å². The lowest BCUT2D eigenvalue weighted by Crippen LogP contribution is -2.49. The lowest BCUT2D eigenvalue weighted by Gasteiger charge is -2.36. The van der Waals surface area contributed by atoms with Crippen molar-refractivity contribution >= 4 is 41.5 Å². The van der Waals surface area contributed by atoms with Crippen LogP contribution in [0.15, 0.2) is 30.6 Å². The summed E-state index contributed by atoms with van der Waals surface area (Å²) in [5.74, 6) is 0.956. The zero-order valence-electron chi connectivity index (χ0n) is 13.2. The molecule has 1 unspecified atom stereocenters. The van der Waals surface area contributed by atoms with Gasteiger partial charge in [0.2, 0.25) is 5.91 Å². The SMILES string of the molecule is Cl.Cn1ccnc1C1CNCCN1C(=O)Cc1ccc(Cl)c(Cl)c1. The van der Waals surface area contributed by atoms with Gasteiger partial charge in [0.05, 0.1) is 16.5 Å². The Kier molecular flexibility index (Phi) is 6.52. The van der Waals surface area contributed by atoms with E-state index in [1.54, 1.807) is 18.3 Å². The number of aromatic nitrogens is 2. The number of rotatable bonds is 3. The molecular formula is C16H19Cl3N4O. The summed E-state index contributed by atoms with van der Waals surface area (Å²) in [6.07, 6.45) is 3.95. The highest BCUT2D eigenvalue weighted by Gasteiger charge is 2.30. The Hall–Kier alpha value is -1.27. The van der Waals surface area contributed by atoms with Crippen molar-refractivity contribution in [2.45, 2.75) is 12.5 Å². The van der Waals surface area contributed by atoms with Crippen LogP contribution >= 0.6 is 35.6 Å². The minimum atomic E-state index is -0.0565. The summed E-state index contributed by atoms with van der Waals surface area (Å²) in [6.45, 7) is 2.16. The molecule has 0 saturated carbocycles. The van der Waals surface area contributed by atoms with E-state index < -0.39 is 0 Å². The first-order chi connectivity index (χ1) is 11.1. The van der Waals surface area contributed by atoms with Crippen molar-refractivity contribution < 1.29 is 4.79 Å². The summed E-state index contributed by atoms with van der Waals surface area (Å²) in [6, 6.07) is 5.25. The normalized spacial score (nSPS) is 17.5. The number of benzene rings is 1. The third kappa shape index (κ3) is 4.03. The monoisotopic (exact) mass is 388 g/mol. The van der Waals surface area contributed by atoms with Gasteiger partial charge in [0.25, 0.3) is 0 Å². The van der Waals surface area contributed by atoms with Crippen LogP contribution in [0, 0.1) is 0 Å². The number of nitrogens with zero attached hydrogens (tertiary/aromatic N) is 3. The van der Waals surface area contributed by atoms with Crippen LogP contribution < -0.4 is 5.32 Å². The molecule has 1 aliphatic rings. The van der Waals surface area contributed by atoms with Gasteiger partial charge in [0.15, 0.2) is 0 Å². The van der Waals surface area contributed by atoms with Crippen molar-refractivity contribution in [3.8, 4) is 0 Å². The average Bonchev–Trinajstić information content (AvgIpc) is 2.97. The molecule has 24 heavy (non-hydrogen) atoms. The number of aryl methyl sites for hydroxylation is 1. The van der Waals surface area contributed by atoms with Gasteiger partial charge in [-0.2, -0.15) is 0 Å². The average molecular weight is 390 g/mol. The van der Waals surface area contributed by atoms with E-state index >= 15 is 0 Å². The Balaban J connectivity index is 0.00000208. The number of nitrogens with one attached hydrogen (secondary N) is 1. The summed E-state index contributed by atoms with van der Waals surface area (Å²) in [5, 5.41) is 4.30. The molecule has 1 N–H and O–H groups in total. The molecule has 3 rings (SSSR count). The van der Waals surface area contributed by atoms with Crippen LogP contribution in [-0.2, 0) is 18.3 Å². The van der Waals surface area contributed by atoms with E-state index in [2.05, 4.69) is 10.3 Å². The molecule has 0 bridgehead atoms. The van der Waals surface area contributed by atoms with Crippen molar-refractivity contribution in [3.63, 3.8) is 0 Å². The van der Waals surface area contributed by atoms with Gasteiger partial charge >= 0.3 is 0 Å². The topological polar surface area (TPSA) is 50.2 Å². The minimum Gasteiger partial charge on any atom is -0.336 e. The molecule has 0 radical (unpaired) electrons. The molecule has 1 aliphatic heterocycles. The molecular weight excluding hydrogens is 371 g/mol. The van der Waals surface area contributed by atoms with E-state index in [-0.39, 0.29) is 24.4 Å². The second kappa shape index (κ2) is 8.21. The lowest BCUT2D eigenvalue weighted by molar-refractivity contribution is -0.134. The standard InChI is InChI=1S/C16H18Cl2N4O.ClH/c1-21-6-5-20-16(21)14-10-19-4-7-22(14)15(23)9-11-2-3-12(17)13(18)8-11;/h2-3,5-6,8,14,19H,4,7,9-10H2,1H3;1H. The van der Waals surface area contributed by atoms with E-state index in [0.717, 1.165) is 17.9 Å². The summed E-state index contributed by atoms with van der Waals surface area (Å²) in [4.78, 5) is 19.1. The predicted molar refractivity (Wildman–Crippen MR) is 97.9 cm³/mol. The molecule has 1 atom stereocenters. The summed E-state index contributed by atoms with van der Waals surface area (Å²) in [7, 11) is 1.94. The molecule has 2 aromatic rings. The molecule has 5 nitrogen and oxygen atoms in total. The molecule has 130 valence electrons. The van der Waals surface area contributed by atoms with Crippen molar-refractivity contribution in [3.05, 3.63) is 52.0 Å². The van der Waals surface area contributed by atoms with Crippen LogP contribution in [0.1, 0.15) is 17.4 Å². The van der Waals surface area contributed by atoms with E-state index in [1.807, 2.05) is 28.8 Å². The lowest BCUT2D eigenvalue weighted by atomic mass is 10.1. The fourth-order valence-corrected chi connectivity index (χ4v) is 3.18. The maximum absolute atomic E-state index is 12.8. The second-order valence-corrected chi connectivity index (χ2v) is 6.44. The molecule has 0 aliphatic carbocycles. The van der Waals surface area contributed by atoms with Gasteiger partial charge in [-0.05, 0) is 17.7 Å². The van der Waals surface area contributed by atoms with Gasteiger partial charge in [0, 0.05) is 39.1 Å². The molecule has 1 aromatic heterocycles. The summed E-state index contributed by atoms with van der Waals surface area (Å²) >= 11 is 12.0. The highest BCUT2D eigenvalue weighted by Crippen LogP contribution is 2.25. The second-order valence-electron chi connectivity index (χ2n) is 5.63. The predicted octanol–water partition coefficient (Wildman–Crippen LogP) is 2.86. The van der Waals surface area contributed by atoms with Gasteiger partial charge in [0.1, 0.15) is 11.9 Å². The zero-order valence-corrected chi connectivity index (χ0v) is 15.5. The fourth-order valence-electron chi connectivity index (χ4n) is 2.86. The first-order valence-electron chi connectivity index (χ1n) is 7.47. The molecule has 8 heteroatoms. The van der Waals surface area contributed by atoms with Gasteiger partial charge in [-0.25, -0.2) is 4.98 Å². The van der Waals surface area contributed by atoms with Crippen LogP contribution in [0.25, 0.3) is 0 Å². The van der Waals surface area contributed by atoms with Crippen LogP contribution in [0.4, 0.5) is 0 Å². The Morgan fingerprint density at radius 2 is 2.17 bits per heavy atom. The molecule has 2 heterocycles. The fraction of sp³-hybridized carbons (Fsp3) is 0.375. The Labute approximate surface area is 157 Å². The van der Waals surface area contributed by atoms with Crippen LogP contribution in [0.5, 0.6) is 0 Å². The highest BCUT2D eigenvalue weighted by molar-refractivity contribution is 6.42. The molecule has 1 fully saturated rings. The van der Waals surface area contributed by atoms with Crippen molar-refractivity contribution in [2.75, 3.05) is 19.6 Å². The van der Waals surface area contributed by atoms with E-state index in [1.165, 1.54) is 0 Å². The minimum absolute atomic E-state index is 0. The number of amides is 1. The van der Waals surface area contributed by atoms with Crippen LogP contribution in [-0.4, -0.2) is 40.0 Å². The number of hydrogen-bond donors (Lipinski definition) is 1. The molecule has 1 saturated heterocycles. The Morgan fingerprint density at radius 1 is 1.38 bits per heavy atom. The van der Waals surface area contributed by atoms with Crippen molar-refractivity contribution in [1.82, 2.24) is 19.8 Å². The number of carbonyl (C=O) groups is 1. The number of imidazole rings is 1. The Bertz CT molecular complexity index is 719. The van der Waals surface area contributed by atoms with Gasteiger partial charge in [-0.1, -0.05) is 29.3 Å². The molecule has 1 aromatic carbocycles. The largest absolute Gasteiger partial charge is 0.336 e. The highest BCUT2D eigenvalue weighted by atomic mass is 35.5. The van der Waals surface area contributed by atoms with Gasteiger partial charge in [-0.15, -0.1) is 12.4 Å². The smallest absolute Gasteiger partial charge is 0.227 e. The number of hydrogen-bond acceptors (Lipinski definition) is 3. The Morgan fingerprint density at radius 3 is 2.83 bits per heavy atom. The summed E-state index contributed by atoms with van der Waals surface area (Å²) in [5.41, 5.74) is 0.863. The van der Waals surface area contributed by atoms with Gasteiger partial charge in [-0.3, -0.25) is 4.79 Å². The van der Waals surface area contributed by atoms with Crippen molar-refractivity contribution in [2.24, 2.45) is 7.05 Å². The number of carbonyl (C=O) groups excluding carboxylic acids is 1. The first kappa shape index (κ1) is 19.1.